The molecule has 1 aliphatic heterocycles. The number of rotatable bonds is 5. The van der Waals surface area contributed by atoms with Crippen molar-refractivity contribution >= 4 is 23.4 Å². The molecule has 2 amide bonds. The molecule has 1 unspecified atom stereocenters. The van der Waals surface area contributed by atoms with E-state index in [1.807, 2.05) is 54.7 Å². The maximum atomic E-state index is 13.0. The van der Waals surface area contributed by atoms with Crippen LogP contribution in [-0.4, -0.2) is 32.8 Å². The molecule has 3 heterocycles. The SMILES string of the molecule is O=C(CC(=O)N1CCn2cccc2C1c1cccc(Cl)c1)NCc1ccncc1. The number of halogens is 1. The number of hydrogen-bond donors (Lipinski definition) is 1. The molecule has 0 spiro atoms. The second-order valence-corrected chi connectivity index (χ2v) is 7.42. The number of nitrogens with zero attached hydrogens (tertiary/aromatic N) is 3. The van der Waals surface area contributed by atoms with Crippen LogP contribution in [0.25, 0.3) is 0 Å². The molecule has 148 valence electrons. The lowest BCUT2D eigenvalue weighted by molar-refractivity contribution is -0.138. The Morgan fingerprint density at radius 3 is 2.72 bits per heavy atom. The number of carbonyl (C=O) groups is 2. The van der Waals surface area contributed by atoms with Gasteiger partial charge in [0.25, 0.3) is 0 Å². The summed E-state index contributed by atoms with van der Waals surface area (Å²) in [6.07, 6.45) is 5.16. The van der Waals surface area contributed by atoms with Crippen LogP contribution >= 0.6 is 11.6 Å². The normalized spacial score (nSPS) is 15.6. The highest BCUT2D eigenvalue weighted by Gasteiger charge is 2.32. The van der Waals surface area contributed by atoms with Gasteiger partial charge in [-0.25, -0.2) is 0 Å². The fraction of sp³-hybridized carbons (Fsp3) is 0.227. The predicted molar refractivity (Wildman–Crippen MR) is 110 cm³/mol. The summed E-state index contributed by atoms with van der Waals surface area (Å²) in [5.74, 6) is -0.493. The first-order valence-corrected chi connectivity index (χ1v) is 9.85. The highest BCUT2D eigenvalue weighted by Crippen LogP contribution is 2.33. The number of aromatic nitrogens is 2. The van der Waals surface area contributed by atoms with Crippen molar-refractivity contribution in [2.75, 3.05) is 6.54 Å². The maximum absolute atomic E-state index is 13.0. The average molecular weight is 409 g/mol. The van der Waals surface area contributed by atoms with Crippen LogP contribution in [0.1, 0.15) is 29.3 Å². The van der Waals surface area contributed by atoms with E-state index < -0.39 is 0 Å². The molecular weight excluding hydrogens is 388 g/mol. The van der Waals surface area contributed by atoms with E-state index in [2.05, 4.69) is 14.9 Å². The zero-order valence-electron chi connectivity index (χ0n) is 15.8. The molecule has 1 N–H and O–H groups in total. The van der Waals surface area contributed by atoms with Gasteiger partial charge in [-0.15, -0.1) is 0 Å². The lowest BCUT2D eigenvalue weighted by Gasteiger charge is -2.37. The van der Waals surface area contributed by atoms with Crippen LogP contribution in [0.5, 0.6) is 0 Å². The van der Waals surface area contributed by atoms with Gasteiger partial charge in [0.05, 0.1) is 6.04 Å². The first-order chi connectivity index (χ1) is 14.1. The molecule has 6 nitrogen and oxygen atoms in total. The van der Waals surface area contributed by atoms with Gasteiger partial charge in [0, 0.05) is 48.9 Å². The number of amides is 2. The van der Waals surface area contributed by atoms with Crippen molar-refractivity contribution in [1.29, 1.82) is 0 Å². The van der Waals surface area contributed by atoms with Crippen LogP contribution in [0.2, 0.25) is 5.02 Å². The number of benzene rings is 1. The minimum absolute atomic E-state index is 0.192. The van der Waals surface area contributed by atoms with Gasteiger partial charge in [0.2, 0.25) is 11.8 Å². The number of nitrogens with one attached hydrogen (secondary N) is 1. The van der Waals surface area contributed by atoms with Crippen molar-refractivity contribution in [2.24, 2.45) is 0 Å². The summed E-state index contributed by atoms with van der Waals surface area (Å²) in [6.45, 7) is 1.61. The largest absolute Gasteiger partial charge is 0.352 e. The molecular formula is C22H21ClN4O2. The summed E-state index contributed by atoms with van der Waals surface area (Å²) in [5, 5.41) is 3.43. The van der Waals surface area contributed by atoms with Gasteiger partial charge >= 0.3 is 0 Å². The quantitative estimate of drug-likeness (QED) is 0.659. The van der Waals surface area contributed by atoms with Crippen molar-refractivity contribution in [2.45, 2.75) is 25.6 Å². The van der Waals surface area contributed by atoms with Crippen molar-refractivity contribution in [3.8, 4) is 0 Å². The summed E-state index contributed by atoms with van der Waals surface area (Å²) < 4.78 is 2.14. The fourth-order valence-electron chi connectivity index (χ4n) is 3.68. The number of fused-ring (bicyclic) bond motifs is 1. The molecule has 4 rings (SSSR count). The molecule has 0 bridgehead atoms. The highest BCUT2D eigenvalue weighted by molar-refractivity contribution is 6.30. The number of carbonyl (C=O) groups excluding carboxylic acids is 2. The molecule has 0 aliphatic carbocycles. The first-order valence-electron chi connectivity index (χ1n) is 9.47. The summed E-state index contributed by atoms with van der Waals surface area (Å²) in [7, 11) is 0. The first kappa shape index (κ1) is 19.2. The van der Waals surface area contributed by atoms with E-state index in [0.29, 0.717) is 24.7 Å². The lowest BCUT2D eigenvalue weighted by atomic mass is 9.99. The Kier molecular flexibility index (Phi) is 5.62. The van der Waals surface area contributed by atoms with Gasteiger partial charge in [0.15, 0.2) is 0 Å². The number of pyridine rings is 1. The van der Waals surface area contributed by atoms with Crippen molar-refractivity contribution in [3.05, 3.63) is 89.0 Å². The van der Waals surface area contributed by atoms with Gasteiger partial charge in [-0.2, -0.15) is 0 Å². The molecule has 1 aliphatic rings. The Bertz CT molecular complexity index is 1020. The Hall–Kier alpha value is -3.12. The Balaban J connectivity index is 1.50. The van der Waals surface area contributed by atoms with E-state index in [1.165, 1.54) is 0 Å². The number of hydrogen-bond acceptors (Lipinski definition) is 3. The highest BCUT2D eigenvalue weighted by atomic mass is 35.5. The minimum Gasteiger partial charge on any atom is -0.352 e. The van der Waals surface area contributed by atoms with E-state index in [0.717, 1.165) is 16.8 Å². The zero-order chi connectivity index (χ0) is 20.2. The van der Waals surface area contributed by atoms with Crippen LogP contribution in [0.3, 0.4) is 0 Å². The molecule has 1 atom stereocenters. The van der Waals surface area contributed by atoms with Crippen LogP contribution in [0.15, 0.2) is 67.1 Å². The van der Waals surface area contributed by atoms with Gasteiger partial charge < -0.3 is 14.8 Å². The topological polar surface area (TPSA) is 67.2 Å². The maximum Gasteiger partial charge on any atom is 0.232 e. The molecule has 1 aromatic carbocycles. The van der Waals surface area contributed by atoms with Gasteiger partial charge in [0.1, 0.15) is 6.42 Å². The van der Waals surface area contributed by atoms with Crippen molar-refractivity contribution in [1.82, 2.24) is 19.8 Å². The molecule has 7 heteroatoms. The molecule has 0 fully saturated rings. The van der Waals surface area contributed by atoms with Crippen LogP contribution in [-0.2, 0) is 22.7 Å². The van der Waals surface area contributed by atoms with Gasteiger partial charge in [-0.3, -0.25) is 14.6 Å². The molecule has 0 radical (unpaired) electrons. The van der Waals surface area contributed by atoms with Crippen LogP contribution in [0.4, 0.5) is 0 Å². The Morgan fingerprint density at radius 1 is 1.10 bits per heavy atom. The van der Waals surface area contributed by atoms with E-state index in [1.54, 1.807) is 17.3 Å². The second kappa shape index (κ2) is 8.49. The van der Waals surface area contributed by atoms with Crippen molar-refractivity contribution < 1.29 is 9.59 Å². The summed E-state index contributed by atoms with van der Waals surface area (Å²) in [5.41, 5.74) is 2.89. The molecule has 29 heavy (non-hydrogen) atoms. The third-order valence-corrected chi connectivity index (χ3v) is 5.31. The van der Waals surface area contributed by atoms with Crippen molar-refractivity contribution in [3.63, 3.8) is 0 Å². The smallest absolute Gasteiger partial charge is 0.232 e. The third-order valence-electron chi connectivity index (χ3n) is 5.07. The summed E-state index contributed by atoms with van der Waals surface area (Å²) in [4.78, 5) is 31.1. The molecule has 2 aromatic heterocycles. The summed E-state index contributed by atoms with van der Waals surface area (Å²) in [6, 6.07) is 14.9. The minimum atomic E-state index is -0.294. The summed E-state index contributed by atoms with van der Waals surface area (Å²) >= 11 is 6.20. The average Bonchev–Trinajstić information content (AvgIpc) is 3.21. The monoisotopic (exact) mass is 408 g/mol. The molecule has 3 aromatic rings. The third kappa shape index (κ3) is 4.32. The van der Waals surface area contributed by atoms with E-state index in [9.17, 15) is 9.59 Å². The Labute approximate surface area is 174 Å². The fourth-order valence-corrected chi connectivity index (χ4v) is 3.88. The van der Waals surface area contributed by atoms with Crippen LogP contribution in [0, 0.1) is 0 Å². The second-order valence-electron chi connectivity index (χ2n) is 6.98. The lowest BCUT2D eigenvalue weighted by Crippen LogP contribution is -2.44. The predicted octanol–water partition coefficient (Wildman–Crippen LogP) is 3.17. The Morgan fingerprint density at radius 2 is 1.93 bits per heavy atom. The van der Waals surface area contributed by atoms with E-state index >= 15 is 0 Å². The standard InChI is InChI=1S/C22H21ClN4O2/c23-18-4-1-3-17(13-18)22-19-5-2-10-26(19)11-12-27(22)21(29)14-20(28)25-15-16-6-8-24-9-7-16/h1-10,13,22H,11-12,14-15H2,(H,25,28). The van der Waals surface area contributed by atoms with E-state index in [-0.39, 0.29) is 24.3 Å². The molecule has 0 saturated heterocycles. The molecule has 0 saturated carbocycles. The van der Waals surface area contributed by atoms with Crippen LogP contribution < -0.4 is 5.32 Å². The van der Waals surface area contributed by atoms with Gasteiger partial charge in [-0.05, 0) is 47.5 Å². The van der Waals surface area contributed by atoms with E-state index in [4.69, 9.17) is 11.6 Å². The zero-order valence-corrected chi connectivity index (χ0v) is 16.5. The van der Waals surface area contributed by atoms with Gasteiger partial charge in [-0.1, -0.05) is 23.7 Å².